The zero-order valence-corrected chi connectivity index (χ0v) is 20.0. The van der Waals surface area contributed by atoms with Crippen LogP contribution < -0.4 is 15.4 Å². The van der Waals surface area contributed by atoms with Crippen LogP contribution in [0.5, 0.6) is 5.75 Å². The summed E-state index contributed by atoms with van der Waals surface area (Å²) in [5.41, 5.74) is 2.26. The van der Waals surface area contributed by atoms with E-state index < -0.39 is 0 Å². The van der Waals surface area contributed by atoms with Crippen molar-refractivity contribution < 1.29 is 9.53 Å². The number of nitrogens with one attached hydrogen (secondary N) is 2. The molecule has 0 aliphatic carbocycles. The lowest BCUT2D eigenvalue weighted by Crippen LogP contribution is -2.43. The minimum Gasteiger partial charge on any atom is -0.497 e. The van der Waals surface area contributed by atoms with Crippen LogP contribution in [0, 0.1) is 0 Å². The van der Waals surface area contributed by atoms with Crippen molar-refractivity contribution in [1.29, 1.82) is 0 Å². The third kappa shape index (κ3) is 7.22. The molecule has 6 heteroatoms. The van der Waals surface area contributed by atoms with Crippen molar-refractivity contribution in [3.8, 4) is 5.75 Å². The molecular formula is C26H36ClN3O2. The van der Waals surface area contributed by atoms with E-state index in [0.717, 1.165) is 55.2 Å². The maximum absolute atomic E-state index is 13.0. The molecule has 2 atom stereocenters. The maximum atomic E-state index is 13.0. The maximum Gasteiger partial charge on any atom is 0.237 e. The second kappa shape index (κ2) is 12.8. The first-order chi connectivity index (χ1) is 15.6. The predicted molar refractivity (Wildman–Crippen MR) is 131 cm³/mol. The molecule has 0 spiro atoms. The fourth-order valence-corrected chi connectivity index (χ4v) is 4.43. The van der Waals surface area contributed by atoms with E-state index >= 15 is 0 Å². The number of methoxy groups -OCH3 is 1. The van der Waals surface area contributed by atoms with E-state index in [0.29, 0.717) is 6.54 Å². The van der Waals surface area contributed by atoms with Gasteiger partial charge in [0.25, 0.3) is 0 Å². The summed E-state index contributed by atoms with van der Waals surface area (Å²) in [5, 5.41) is 7.56. The molecule has 0 unspecified atom stereocenters. The van der Waals surface area contributed by atoms with Crippen LogP contribution in [0.25, 0.3) is 0 Å². The highest BCUT2D eigenvalue weighted by Crippen LogP contribution is 2.25. The number of benzene rings is 2. The Bertz CT molecular complexity index is 843. The fraction of sp³-hybridized carbons (Fsp3) is 0.500. The van der Waals surface area contributed by atoms with Crippen molar-refractivity contribution >= 4 is 17.5 Å². The van der Waals surface area contributed by atoms with Crippen molar-refractivity contribution in [2.75, 3.05) is 20.2 Å². The third-order valence-corrected chi connectivity index (χ3v) is 6.49. The lowest BCUT2D eigenvalue weighted by molar-refractivity contribution is -0.125. The summed E-state index contributed by atoms with van der Waals surface area (Å²) in [4.78, 5) is 15.3. The largest absolute Gasteiger partial charge is 0.497 e. The Labute approximate surface area is 197 Å². The number of amides is 1. The molecule has 0 saturated carbocycles. The Hall–Kier alpha value is -2.08. The number of halogens is 1. The Morgan fingerprint density at radius 2 is 1.91 bits per heavy atom. The molecular weight excluding hydrogens is 422 g/mol. The van der Waals surface area contributed by atoms with Gasteiger partial charge in [0.1, 0.15) is 5.75 Å². The molecule has 1 heterocycles. The van der Waals surface area contributed by atoms with Crippen LogP contribution in [0.1, 0.15) is 50.2 Å². The molecule has 1 saturated heterocycles. The van der Waals surface area contributed by atoms with Crippen molar-refractivity contribution in [1.82, 2.24) is 15.5 Å². The summed E-state index contributed by atoms with van der Waals surface area (Å²) >= 11 is 6.41. The first-order valence-electron chi connectivity index (χ1n) is 11.7. The van der Waals surface area contributed by atoms with Crippen LogP contribution in [-0.4, -0.2) is 43.1 Å². The van der Waals surface area contributed by atoms with Crippen LogP contribution in [0.15, 0.2) is 48.5 Å². The minimum absolute atomic E-state index is 0.127. The second-order valence-corrected chi connectivity index (χ2v) is 8.96. The highest BCUT2D eigenvalue weighted by Gasteiger charge is 2.36. The topological polar surface area (TPSA) is 53.6 Å². The van der Waals surface area contributed by atoms with Gasteiger partial charge in [-0.3, -0.25) is 9.69 Å². The average Bonchev–Trinajstić information content (AvgIpc) is 3.22. The van der Waals surface area contributed by atoms with Gasteiger partial charge in [-0.1, -0.05) is 68.1 Å². The number of rotatable bonds is 12. The highest BCUT2D eigenvalue weighted by molar-refractivity contribution is 6.31. The smallest absolute Gasteiger partial charge is 0.237 e. The van der Waals surface area contributed by atoms with Gasteiger partial charge in [0.2, 0.25) is 5.91 Å². The van der Waals surface area contributed by atoms with E-state index in [1.54, 1.807) is 7.11 Å². The minimum atomic E-state index is -0.147. The normalized spacial score (nSPS) is 18.6. The molecule has 3 rings (SSSR count). The van der Waals surface area contributed by atoms with Gasteiger partial charge in [-0.15, -0.1) is 0 Å². The Kier molecular flexibility index (Phi) is 9.85. The lowest BCUT2D eigenvalue weighted by atomic mass is 10.1. The molecule has 1 amide bonds. The molecule has 2 aromatic rings. The van der Waals surface area contributed by atoms with Crippen LogP contribution >= 0.6 is 11.6 Å². The number of unbranched alkanes of at least 4 members (excludes halogenated alkanes) is 3. The Morgan fingerprint density at radius 1 is 1.12 bits per heavy atom. The molecule has 1 aliphatic heterocycles. The van der Waals surface area contributed by atoms with Gasteiger partial charge in [0.05, 0.1) is 13.2 Å². The molecule has 1 aliphatic rings. The monoisotopic (exact) mass is 457 g/mol. The van der Waals surface area contributed by atoms with Crippen molar-refractivity contribution in [3.63, 3.8) is 0 Å². The van der Waals surface area contributed by atoms with Gasteiger partial charge in [-0.05, 0) is 42.2 Å². The van der Waals surface area contributed by atoms with Gasteiger partial charge in [-0.25, -0.2) is 0 Å². The predicted octanol–water partition coefficient (Wildman–Crippen LogP) is 4.78. The number of nitrogens with zero attached hydrogens (tertiary/aromatic N) is 1. The number of carbonyl (C=O) groups excluding carboxylic acids is 1. The van der Waals surface area contributed by atoms with Gasteiger partial charge >= 0.3 is 0 Å². The Morgan fingerprint density at radius 3 is 2.62 bits per heavy atom. The summed E-state index contributed by atoms with van der Waals surface area (Å²) in [6, 6.07) is 16.1. The zero-order valence-electron chi connectivity index (χ0n) is 19.3. The fourth-order valence-electron chi connectivity index (χ4n) is 4.23. The highest BCUT2D eigenvalue weighted by atomic mass is 35.5. The van der Waals surface area contributed by atoms with Crippen molar-refractivity contribution in [2.24, 2.45) is 0 Å². The molecule has 2 aromatic carbocycles. The van der Waals surface area contributed by atoms with Gasteiger partial charge in [-0.2, -0.15) is 0 Å². The lowest BCUT2D eigenvalue weighted by Gasteiger charge is -2.24. The Balaban J connectivity index is 1.60. The van der Waals surface area contributed by atoms with Crippen molar-refractivity contribution in [3.05, 3.63) is 64.7 Å². The van der Waals surface area contributed by atoms with Gasteiger partial charge in [0, 0.05) is 37.2 Å². The second-order valence-electron chi connectivity index (χ2n) is 8.55. The standard InChI is InChI=1S/C26H36ClN3O2/c1-3-4-5-8-15-28-26(31)25-16-22(29-17-20-11-13-23(32-2)14-12-20)19-30(25)18-21-9-6-7-10-24(21)27/h6-7,9-14,22,25,29H,3-5,8,15-19H2,1-2H3,(H,28,31)/t22-,25-/m0/s1. The van der Waals surface area contributed by atoms with Crippen LogP contribution in [0.3, 0.4) is 0 Å². The SMILES string of the molecule is CCCCCCNC(=O)[C@@H]1C[C@H](NCc2ccc(OC)cc2)CN1Cc1ccccc1Cl. The van der Waals surface area contributed by atoms with Crippen LogP contribution in [0.4, 0.5) is 0 Å². The van der Waals surface area contributed by atoms with Crippen LogP contribution in [-0.2, 0) is 17.9 Å². The first-order valence-corrected chi connectivity index (χ1v) is 12.1. The summed E-state index contributed by atoms with van der Waals surface area (Å²) in [5.74, 6) is 0.985. The van der Waals surface area contributed by atoms with E-state index in [1.165, 1.54) is 18.4 Å². The van der Waals surface area contributed by atoms with E-state index in [-0.39, 0.29) is 18.0 Å². The van der Waals surface area contributed by atoms with E-state index in [2.05, 4.69) is 34.6 Å². The van der Waals surface area contributed by atoms with Crippen molar-refractivity contribution in [2.45, 2.75) is 64.2 Å². The average molecular weight is 458 g/mol. The molecule has 0 aromatic heterocycles. The summed E-state index contributed by atoms with van der Waals surface area (Å²) < 4.78 is 5.24. The summed E-state index contributed by atoms with van der Waals surface area (Å²) in [6.07, 6.45) is 5.41. The van der Waals surface area contributed by atoms with E-state index in [9.17, 15) is 4.79 Å². The molecule has 0 bridgehead atoms. The molecule has 2 N–H and O–H groups in total. The quantitative estimate of drug-likeness (QED) is 0.450. The van der Waals surface area contributed by atoms with Gasteiger partial charge < -0.3 is 15.4 Å². The number of ether oxygens (including phenoxy) is 1. The summed E-state index contributed by atoms with van der Waals surface area (Å²) in [7, 11) is 1.67. The molecule has 174 valence electrons. The summed E-state index contributed by atoms with van der Waals surface area (Å²) in [6.45, 7) is 5.20. The molecule has 32 heavy (non-hydrogen) atoms. The third-order valence-electron chi connectivity index (χ3n) is 6.12. The van der Waals surface area contributed by atoms with Gasteiger partial charge in [0.15, 0.2) is 0 Å². The number of carbonyl (C=O) groups is 1. The van der Waals surface area contributed by atoms with E-state index in [4.69, 9.17) is 16.3 Å². The molecule has 5 nitrogen and oxygen atoms in total. The number of hydrogen-bond donors (Lipinski definition) is 2. The molecule has 1 fully saturated rings. The molecule has 0 radical (unpaired) electrons. The zero-order chi connectivity index (χ0) is 22.8. The van der Waals surface area contributed by atoms with E-state index in [1.807, 2.05) is 36.4 Å². The number of hydrogen-bond acceptors (Lipinski definition) is 4. The first kappa shape index (κ1) is 24.6. The van der Waals surface area contributed by atoms with Crippen LogP contribution in [0.2, 0.25) is 5.02 Å². The number of likely N-dealkylation sites (tertiary alicyclic amines) is 1.